The number of carboxylic acid groups (broad SMARTS) is 1. The fourth-order valence-electron chi connectivity index (χ4n) is 0.917. The second-order valence-corrected chi connectivity index (χ2v) is 3.44. The van der Waals surface area contributed by atoms with Crippen LogP contribution in [0.2, 0.25) is 5.02 Å². The van der Waals surface area contributed by atoms with Crippen LogP contribution in [0.5, 0.6) is 5.88 Å². The third-order valence-electron chi connectivity index (χ3n) is 1.63. The van der Waals surface area contributed by atoms with Crippen molar-refractivity contribution >= 4 is 23.5 Å². The first-order valence-corrected chi connectivity index (χ1v) is 4.71. The van der Waals surface area contributed by atoms with E-state index in [2.05, 4.69) is 9.72 Å². The van der Waals surface area contributed by atoms with Crippen molar-refractivity contribution in [1.29, 1.82) is 0 Å². The highest BCUT2D eigenvalue weighted by Gasteiger charge is 2.31. The van der Waals surface area contributed by atoms with Crippen LogP contribution in [0.25, 0.3) is 0 Å². The van der Waals surface area contributed by atoms with Crippen molar-refractivity contribution in [3.05, 3.63) is 22.8 Å². The number of halogens is 4. The predicted molar refractivity (Wildman–Crippen MR) is 49.5 cm³/mol. The molecule has 1 aromatic heterocycles. The summed E-state index contributed by atoms with van der Waals surface area (Å²) in [4.78, 5) is 24.1. The van der Waals surface area contributed by atoms with E-state index in [9.17, 15) is 27.9 Å². The second-order valence-electron chi connectivity index (χ2n) is 3.03. The van der Waals surface area contributed by atoms with E-state index in [-0.39, 0.29) is 0 Å². The van der Waals surface area contributed by atoms with E-state index < -0.39 is 41.0 Å². The van der Waals surface area contributed by atoms with Gasteiger partial charge in [-0.25, -0.2) is 4.98 Å². The average molecular weight is 283 g/mol. The molecule has 5 nitrogen and oxygen atoms in total. The van der Waals surface area contributed by atoms with Gasteiger partial charge in [0.05, 0.1) is 18.0 Å². The summed E-state index contributed by atoms with van der Waals surface area (Å²) in [5, 5.41) is 9.50. The van der Waals surface area contributed by atoms with Crippen molar-refractivity contribution in [2.24, 2.45) is 0 Å². The number of ether oxygens (including phenoxy) is 1. The van der Waals surface area contributed by atoms with Crippen LogP contribution in [0.4, 0.5) is 13.2 Å². The quantitative estimate of drug-likeness (QED) is 0.605. The Kier molecular flexibility index (Phi) is 4.12. The number of nitrogens with zero attached hydrogens (tertiary/aromatic N) is 1. The van der Waals surface area contributed by atoms with E-state index in [1.54, 1.807) is 0 Å². The third-order valence-corrected chi connectivity index (χ3v) is 1.90. The molecule has 0 unspecified atom stereocenters. The summed E-state index contributed by atoms with van der Waals surface area (Å²) >= 11 is 5.41. The maximum atomic E-state index is 12.2. The number of alkyl halides is 3. The van der Waals surface area contributed by atoms with Gasteiger partial charge in [0, 0.05) is 6.20 Å². The van der Waals surface area contributed by atoms with Gasteiger partial charge in [0.2, 0.25) is 5.88 Å². The van der Waals surface area contributed by atoms with Gasteiger partial charge in [0.15, 0.2) is 0 Å². The number of carbonyl (C=O) groups is 2. The molecule has 0 amide bonds. The Morgan fingerprint density at radius 3 is 2.50 bits per heavy atom. The van der Waals surface area contributed by atoms with E-state index in [0.29, 0.717) is 12.3 Å². The second kappa shape index (κ2) is 5.21. The van der Waals surface area contributed by atoms with E-state index in [0.717, 1.165) is 0 Å². The van der Waals surface area contributed by atoms with Crippen molar-refractivity contribution in [2.75, 3.05) is 0 Å². The summed E-state index contributed by atoms with van der Waals surface area (Å²) in [5.74, 6) is -3.54. The smallest absolute Gasteiger partial charge is 0.417 e. The molecule has 0 spiro atoms. The molecular formula is C9H4ClF3NO4-. The van der Waals surface area contributed by atoms with Crippen molar-refractivity contribution in [3.63, 3.8) is 0 Å². The Bertz CT molecular complexity index is 489. The van der Waals surface area contributed by atoms with E-state index in [1.165, 1.54) is 0 Å². The number of aliphatic carboxylic acids is 1. The Morgan fingerprint density at radius 2 is 2.06 bits per heavy atom. The lowest BCUT2D eigenvalue weighted by Crippen LogP contribution is -2.27. The monoisotopic (exact) mass is 282 g/mol. The Balaban J connectivity index is 2.87. The largest absolute Gasteiger partial charge is 0.550 e. The zero-order valence-electron chi connectivity index (χ0n) is 8.45. The van der Waals surface area contributed by atoms with Crippen LogP contribution in [0, 0.1) is 0 Å². The number of esters is 1. The summed E-state index contributed by atoms with van der Waals surface area (Å²) in [7, 11) is 0. The fourth-order valence-corrected chi connectivity index (χ4v) is 1.12. The lowest BCUT2D eigenvalue weighted by Gasteiger charge is -2.09. The summed E-state index contributed by atoms with van der Waals surface area (Å²) < 4.78 is 41.1. The number of carboxylic acids is 1. The van der Waals surface area contributed by atoms with Gasteiger partial charge in [-0.15, -0.1) is 0 Å². The number of hydrogen-bond acceptors (Lipinski definition) is 5. The molecule has 0 N–H and O–H groups in total. The molecular weight excluding hydrogens is 279 g/mol. The lowest BCUT2D eigenvalue weighted by molar-refractivity contribution is -0.304. The Morgan fingerprint density at radius 1 is 1.44 bits per heavy atom. The standard InChI is InChI=1S/C9H5ClF3NO4/c10-5-1-4(9(11,12)13)3-14-8(5)18-7(17)2-6(15)16/h1,3H,2H2,(H,15,16)/p-1. The van der Waals surface area contributed by atoms with E-state index in [4.69, 9.17) is 11.6 Å². The van der Waals surface area contributed by atoms with Crippen molar-refractivity contribution in [3.8, 4) is 5.88 Å². The van der Waals surface area contributed by atoms with Gasteiger partial charge in [-0.2, -0.15) is 13.2 Å². The molecule has 1 heterocycles. The predicted octanol–water partition coefficient (Wildman–Crippen LogP) is 0.799. The number of carbonyl (C=O) groups excluding carboxylic acids is 2. The van der Waals surface area contributed by atoms with Crippen LogP contribution in [-0.4, -0.2) is 16.9 Å². The van der Waals surface area contributed by atoms with Crippen LogP contribution in [0.1, 0.15) is 12.0 Å². The first-order valence-electron chi connectivity index (χ1n) is 4.33. The first-order chi connectivity index (χ1) is 8.20. The van der Waals surface area contributed by atoms with Crippen molar-refractivity contribution in [1.82, 2.24) is 4.98 Å². The molecule has 9 heteroatoms. The molecule has 0 aliphatic carbocycles. The molecule has 0 saturated carbocycles. The minimum absolute atomic E-state index is 0.410. The molecule has 0 fully saturated rings. The minimum atomic E-state index is -4.63. The number of aromatic nitrogens is 1. The highest BCUT2D eigenvalue weighted by atomic mass is 35.5. The molecule has 98 valence electrons. The Labute approximate surface area is 103 Å². The minimum Gasteiger partial charge on any atom is -0.550 e. The van der Waals surface area contributed by atoms with Crippen LogP contribution in [0.15, 0.2) is 12.3 Å². The fraction of sp³-hybridized carbons (Fsp3) is 0.222. The highest BCUT2D eigenvalue weighted by Crippen LogP contribution is 2.33. The summed E-state index contributed by atoms with van der Waals surface area (Å²) in [5.41, 5.74) is -1.12. The zero-order valence-corrected chi connectivity index (χ0v) is 9.21. The van der Waals surface area contributed by atoms with Crippen molar-refractivity contribution in [2.45, 2.75) is 12.6 Å². The topological polar surface area (TPSA) is 79.3 Å². The molecule has 0 aromatic carbocycles. The first kappa shape index (κ1) is 14.2. The molecule has 1 aromatic rings. The Hall–Kier alpha value is -1.83. The van der Waals surface area contributed by atoms with Gasteiger partial charge in [0.25, 0.3) is 0 Å². The average Bonchev–Trinajstić information content (AvgIpc) is 2.18. The zero-order chi connectivity index (χ0) is 13.9. The molecule has 0 atom stereocenters. The molecule has 0 aliphatic heterocycles. The summed E-state index contributed by atoms with van der Waals surface area (Å²) in [6.45, 7) is 0. The maximum absolute atomic E-state index is 12.2. The summed E-state index contributed by atoms with van der Waals surface area (Å²) in [6.07, 6.45) is -5.28. The van der Waals surface area contributed by atoms with Crippen LogP contribution in [0.3, 0.4) is 0 Å². The van der Waals surface area contributed by atoms with Gasteiger partial charge in [-0.05, 0) is 6.07 Å². The van der Waals surface area contributed by atoms with Gasteiger partial charge >= 0.3 is 12.1 Å². The van der Waals surface area contributed by atoms with Crippen LogP contribution in [-0.2, 0) is 15.8 Å². The van der Waals surface area contributed by atoms with Gasteiger partial charge in [-0.3, -0.25) is 4.79 Å². The normalized spacial score (nSPS) is 11.1. The number of hydrogen-bond donors (Lipinski definition) is 0. The maximum Gasteiger partial charge on any atom is 0.417 e. The molecule has 0 bridgehead atoms. The molecule has 1 rings (SSSR count). The molecule has 0 saturated heterocycles. The highest BCUT2D eigenvalue weighted by molar-refractivity contribution is 6.32. The lowest BCUT2D eigenvalue weighted by atomic mass is 10.3. The SMILES string of the molecule is O=C([O-])CC(=O)Oc1ncc(C(F)(F)F)cc1Cl. The molecule has 18 heavy (non-hydrogen) atoms. The summed E-state index contributed by atoms with van der Waals surface area (Å²) in [6, 6.07) is 0.510. The van der Waals surface area contributed by atoms with Gasteiger partial charge in [0.1, 0.15) is 5.02 Å². The van der Waals surface area contributed by atoms with Crippen LogP contribution < -0.4 is 9.84 Å². The molecule has 0 radical (unpaired) electrons. The number of pyridine rings is 1. The van der Waals surface area contributed by atoms with Gasteiger partial charge < -0.3 is 14.6 Å². The molecule has 0 aliphatic rings. The third kappa shape index (κ3) is 3.88. The van der Waals surface area contributed by atoms with E-state index >= 15 is 0 Å². The van der Waals surface area contributed by atoms with Crippen LogP contribution >= 0.6 is 11.6 Å². The van der Waals surface area contributed by atoms with Crippen molar-refractivity contribution < 1.29 is 32.6 Å². The van der Waals surface area contributed by atoms with Gasteiger partial charge in [-0.1, -0.05) is 11.6 Å². The number of rotatable bonds is 3. The van der Waals surface area contributed by atoms with E-state index in [1.807, 2.05) is 0 Å².